The number of nitriles is 1. The summed E-state index contributed by atoms with van der Waals surface area (Å²) in [7, 11) is 0. The first kappa shape index (κ1) is 13.2. The van der Waals surface area contributed by atoms with Crippen molar-refractivity contribution in [3.05, 3.63) is 28.8 Å². The molecule has 0 saturated heterocycles. The zero-order valence-electron chi connectivity index (χ0n) is 9.46. The number of hydrogen-bond acceptors (Lipinski definition) is 3. The second kappa shape index (κ2) is 6.67. The molecule has 1 N–H and O–H groups in total. The van der Waals surface area contributed by atoms with E-state index in [9.17, 15) is 0 Å². The van der Waals surface area contributed by atoms with Gasteiger partial charge in [-0.1, -0.05) is 11.6 Å². The van der Waals surface area contributed by atoms with Gasteiger partial charge in [-0.05, 0) is 43.6 Å². The van der Waals surface area contributed by atoms with Crippen LogP contribution in [0.2, 0.25) is 5.02 Å². The van der Waals surface area contributed by atoms with Gasteiger partial charge in [0.25, 0.3) is 0 Å². The van der Waals surface area contributed by atoms with Gasteiger partial charge in [0.05, 0.1) is 11.3 Å². The normalized spacial score (nSPS) is 11.9. The van der Waals surface area contributed by atoms with E-state index >= 15 is 0 Å². The summed E-state index contributed by atoms with van der Waals surface area (Å²) in [5.74, 6) is 1.11. The number of benzene rings is 1. The predicted octanol–water partition coefficient (Wildman–Crippen LogP) is 3.77. The minimum Gasteiger partial charge on any atom is -0.381 e. The van der Waals surface area contributed by atoms with Gasteiger partial charge in [-0.15, -0.1) is 0 Å². The average Bonchev–Trinajstić information content (AvgIpc) is 2.28. The van der Waals surface area contributed by atoms with Gasteiger partial charge in [-0.25, -0.2) is 0 Å². The van der Waals surface area contributed by atoms with E-state index in [0.29, 0.717) is 16.6 Å². The van der Waals surface area contributed by atoms with Crippen molar-refractivity contribution >= 4 is 29.1 Å². The molecular weight excluding hydrogens is 240 g/mol. The quantitative estimate of drug-likeness (QED) is 0.869. The largest absolute Gasteiger partial charge is 0.381 e. The molecule has 1 atom stereocenters. The Kier molecular flexibility index (Phi) is 5.51. The lowest BCUT2D eigenvalue weighted by Gasteiger charge is -2.15. The van der Waals surface area contributed by atoms with Gasteiger partial charge in [-0.3, -0.25) is 0 Å². The standard InChI is InChI=1S/C12H15ClN2S/c1-9(5-6-16-2)15-12-4-3-11(13)7-10(12)8-14/h3-4,7,9,15H,5-6H2,1-2H3. The van der Waals surface area contributed by atoms with Crippen molar-refractivity contribution in [2.45, 2.75) is 19.4 Å². The van der Waals surface area contributed by atoms with E-state index in [1.165, 1.54) is 0 Å². The van der Waals surface area contributed by atoms with E-state index in [4.69, 9.17) is 16.9 Å². The molecule has 0 fully saturated rings. The van der Waals surface area contributed by atoms with Crippen LogP contribution in [0.3, 0.4) is 0 Å². The van der Waals surface area contributed by atoms with Gasteiger partial charge >= 0.3 is 0 Å². The number of thioether (sulfide) groups is 1. The van der Waals surface area contributed by atoms with Crippen molar-refractivity contribution in [1.29, 1.82) is 5.26 Å². The third-order valence-corrected chi connectivity index (χ3v) is 3.14. The summed E-state index contributed by atoms with van der Waals surface area (Å²) >= 11 is 7.66. The summed E-state index contributed by atoms with van der Waals surface area (Å²) in [6, 6.07) is 7.85. The van der Waals surface area contributed by atoms with E-state index in [1.807, 2.05) is 17.8 Å². The van der Waals surface area contributed by atoms with Gasteiger partial charge < -0.3 is 5.32 Å². The van der Waals surface area contributed by atoms with Crippen molar-refractivity contribution in [2.24, 2.45) is 0 Å². The number of halogens is 1. The van der Waals surface area contributed by atoms with Crippen LogP contribution >= 0.6 is 23.4 Å². The first-order valence-electron chi connectivity index (χ1n) is 5.12. The van der Waals surface area contributed by atoms with E-state index in [0.717, 1.165) is 17.9 Å². The Balaban J connectivity index is 2.70. The lowest BCUT2D eigenvalue weighted by atomic mass is 10.1. The molecule has 0 amide bonds. The summed E-state index contributed by atoms with van der Waals surface area (Å²) in [6.07, 6.45) is 3.17. The zero-order valence-corrected chi connectivity index (χ0v) is 11.0. The molecule has 1 unspecified atom stereocenters. The smallest absolute Gasteiger partial charge is 0.101 e. The van der Waals surface area contributed by atoms with E-state index in [2.05, 4.69) is 24.6 Å². The minimum absolute atomic E-state index is 0.362. The summed E-state index contributed by atoms with van der Waals surface area (Å²) in [5.41, 5.74) is 1.46. The van der Waals surface area contributed by atoms with Crippen molar-refractivity contribution in [2.75, 3.05) is 17.3 Å². The molecule has 0 saturated carbocycles. The monoisotopic (exact) mass is 254 g/mol. The fraction of sp³-hybridized carbons (Fsp3) is 0.417. The van der Waals surface area contributed by atoms with E-state index in [1.54, 1.807) is 12.1 Å². The Morgan fingerprint density at radius 3 is 2.94 bits per heavy atom. The maximum atomic E-state index is 8.98. The maximum Gasteiger partial charge on any atom is 0.101 e. The molecule has 0 aromatic heterocycles. The van der Waals surface area contributed by atoms with Crippen molar-refractivity contribution in [1.82, 2.24) is 0 Å². The third-order valence-electron chi connectivity index (χ3n) is 2.26. The van der Waals surface area contributed by atoms with Gasteiger partial charge in [0, 0.05) is 11.1 Å². The van der Waals surface area contributed by atoms with Crippen molar-refractivity contribution < 1.29 is 0 Å². The molecule has 0 spiro atoms. The number of anilines is 1. The van der Waals surface area contributed by atoms with Gasteiger partial charge in [0.15, 0.2) is 0 Å². The van der Waals surface area contributed by atoms with Gasteiger partial charge in [0.2, 0.25) is 0 Å². The molecule has 0 heterocycles. The molecule has 1 rings (SSSR count). The van der Waals surface area contributed by atoms with Gasteiger partial charge in [-0.2, -0.15) is 17.0 Å². The van der Waals surface area contributed by atoms with Crippen LogP contribution in [-0.2, 0) is 0 Å². The fourth-order valence-electron chi connectivity index (χ4n) is 1.37. The lowest BCUT2D eigenvalue weighted by Crippen LogP contribution is -2.16. The molecule has 2 nitrogen and oxygen atoms in total. The molecule has 0 radical (unpaired) electrons. The van der Waals surface area contributed by atoms with Crippen LogP contribution < -0.4 is 5.32 Å². The minimum atomic E-state index is 0.362. The first-order chi connectivity index (χ1) is 7.67. The number of nitrogens with one attached hydrogen (secondary N) is 1. The van der Waals surface area contributed by atoms with Crippen molar-refractivity contribution in [3.63, 3.8) is 0 Å². The summed E-state index contributed by atoms with van der Waals surface area (Å²) in [5, 5.41) is 12.9. The molecule has 16 heavy (non-hydrogen) atoms. The van der Waals surface area contributed by atoms with E-state index in [-0.39, 0.29) is 0 Å². The first-order valence-corrected chi connectivity index (χ1v) is 6.89. The zero-order chi connectivity index (χ0) is 12.0. The Hall–Kier alpha value is -0.850. The topological polar surface area (TPSA) is 35.8 Å². The van der Waals surface area contributed by atoms with Crippen LogP contribution in [0.15, 0.2) is 18.2 Å². The van der Waals surface area contributed by atoms with Crippen LogP contribution in [0.5, 0.6) is 0 Å². The predicted molar refractivity (Wildman–Crippen MR) is 72.3 cm³/mol. The summed E-state index contributed by atoms with van der Waals surface area (Å²) < 4.78 is 0. The van der Waals surface area contributed by atoms with Crippen LogP contribution in [0.25, 0.3) is 0 Å². The van der Waals surface area contributed by atoms with Crippen LogP contribution in [0.1, 0.15) is 18.9 Å². The Morgan fingerprint density at radius 1 is 1.56 bits per heavy atom. The molecule has 1 aromatic carbocycles. The SMILES string of the molecule is CSCCC(C)Nc1ccc(Cl)cc1C#N. The molecule has 0 aliphatic heterocycles. The molecule has 1 aromatic rings. The molecule has 0 bridgehead atoms. The highest BCUT2D eigenvalue weighted by Crippen LogP contribution is 2.21. The van der Waals surface area contributed by atoms with E-state index < -0.39 is 0 Å². The molecule has 4 heteroatoms. The lowest BCUT2D eigenvalue weighted by molar-refractivity contribution is 0.772. The number of rotatable bonds is 5. The molecular formula is C12H15ClN2S. The van der Waals surface area contributed by atoms with Crippen LogP contribution in [-0.4, -0.2) is 18.1 Å². The molecule has 0 aliphatic rings. The third kappa shape index (κ3) is 3.96. The van der Waals surface area contributed by atoms with Crippen LogP contribution in [0.4, 0.5) is 5.69 Å². The maximum absolute atomic E-state index is 8.98. The molecule has 86 valence electrons. The second-order valence-corrected chi connectivity index (χ2v) is 5.05. The Morgan fingerprint density at radius 2 is 2.31 bits per heavy atom. The number of hydrogen-bond donors (Lipinski definition) is 1. The highest BCUT2D eigenvalue weighted by atomic mass is 35.5. The summed E-state index contributed by atoms with van der Waals surface area (Å²) in [6.45, 7) is 2.12. The Labute approximate surface area is 106 Å². The number of nitrogens with zero attached hydrogens (tertiary/aromatic N) is 1. The summed E-state index contributed by atoms with van der Waals surface area (Å²) in [4.78, 5) is 0. The molecule has 0 aliphatic carbocycles. The van der Waals surface area contributed by atoms with Crippen LogP contribution in [0, 0.1) is 11.3 Å². The highest BCUT2D eigenvalue weighted by molar-refractivity contribution is 7.98. The van der Waals surface area contributed by atoms with Gasteiger partial charge in [0.1, 0.15) is 6.07 Å². The Bertz CT molecular complexity index is 387. The second-order valence-electron chi connectivity index (χ2n) is 3.63. The highest BCUT2D eigenvalue weighted by Gasteiger charge is 2.06. The fourth-order valence-corrected chi connectivity index (χ4v) is 2.13. The van der Waals surface area contributed by atoms with Crippen molar-refractivity contribution in [3.8, 4) is 6.07 Å². The average molecular weight is 255 g/mol.